The summed E-state index contributed by atoms with van der Waals surface area (Å²) in [5.74, 6) is -1.65. The summed E-state index contributed by atoms with van der Waals surface area (Å²) in [7, 11) is 0. The van der Waals surface area contributed by atoms with E-state index in [1.165, 1.54) is 11.0 Å². The van der Waals surface area contributed by atoms with Crippen LogP contribution in [-0.2, 0) is 4.79 Å². The van der Waals surface area contributed by atoms with Gasteiger partial charge in [0.2, 0.25) is 0 Å². The number of para-hydroxylation sites is 1. The molecule has 0 bridgehead atoms. The Balaban J connectivity index is 1.69. The molecule has 6 nitrogen and oxygen atoms in total. The van der Waals surface area contributed by atoms with Crippen LogP contribution in [0.15, 0.2) is 18.2 Å². The van der Waals surface area contributed by atoms with E-state index in [0.29, 0.717) is 31.6 Å². The molecule has 3 rings (SSSR count). The summed E-state index contributed by atoms with van der Waals surface area (Å²) >= 11 is 0. The van der Waals surface area contributed by atoms with Gasteiger partial charge in [-0.05, 0) is 12.5 Å². The molecular formula is C15H17FN2O4. The Bertz CT molecular complexity index is 607. The van der Waals surface area contributed by atoms with E-state index in [0.717, 1.165) is 0 Å². The lowest BCUT2D eigenvalue weighted by Crippen LogP contribution is -2.42. The first-order chi connectivity index (χ1) is 10.6. The number of aliphatic carboxylic acids is 1. The molecule has 2 amide bonds. The molecule has 0 aromatic heterocycles. The smallest absolute Gasteiger partial charge is 0.317 e. The molecular weight excluding hydrogens is 291 g/mol. The maximum absolute atomic E-state index is 13.7. The monoisotopic (exact) mass is 308 g/mol. The van der Waals surface area contributed by atoms with Gasteiger partial charge >= 0.3 is 12.0 Å². The Labute approximate surface area is 126 Å². The van der Waals surface area contributed by atoms with Crippen LogP contribution in [0.4, 0.5) is 9.18 Å². The normalized spacial score (nSPS) is 23.6. The highest BCUT2D eigenvalue weighted by atomic mass is 19.1. The molecule has 2 atom stereocenters. The summed E-state index contributed by atoms with van der Waals surface area (Å²) in [6, 6.07) is 3.99. The number of likely N-dealkylation sites (tertiary alicyclic amines) is 1. The number of amides is 2. The Kier molecular flexibility index (Phi) is 3.87. The van der Waals surface area contributed by atoms with Gasteiger partial charge in [-0.1, -0.05) is 12.1 Å². The van der Waals surface area contributed by atoms with Crippen molar-refractivity contribution in [1.82, 2.24) is 10.2 Å². The molecule has 1 fully saturated rings. The quantitative estimate of drug-likeness (QED) is 0.872. The summed E-state index contributed by atoms with van der Waals surface area (Å²) in [6.07, 6.45) is 1.01. The minimum Gasteiger partial charge on any atom is -0.490 e. The van der Waals surface area contributed by atoms with Gasteiger partial charge in [0.05, 0.1) is 18.6 Å². The average molecular weight is 308 g/mol. The number of carbonyl (C=O) groups excluding carboxylic acids is 1. The molecule has 0 saturated carbocycles. The summed E-state index contributed by atoms with van der Waals surface area (Å²) < 4.78 is 19.0. The number of rotatable bonds is 2. The van der Waals surface area contributed by atoms with Crippen molar-refractivity contribution in [2.24, 2.45) is 5.92 Å². The predicted molar refractivity (Wildman–Crippen MR) is 75.1 cm³/mol. The van der Waals surface area contributed by atoms with Gasteiger partial charge in [-0.15, -0.1) is 0 Å². The molecule has 2 heterocycles. The fraction of sp³-hybridized carbons (Fsp3) is 0.467. The van der Waals surface area contributed by atoms with Crippen LogP contribution < -0.4 is 10.1 Å². The lowest BCUT2D eigenvalue weighted by Gasteiger charge is -2.28. The van der Waals surface area contributed by atoms with E-state index in [1.807, 2.05) is 0 Å². The number of benzene rings is 1. The van der Waals surface area contributed by atoms with E-state index in [-0.39, 0.29) is 24.4 Å². The van der Waals surface area contributed by atoms with Crippen molar-refractivity contribution >= 4 is 12.0 Å². The third-order valence-corrected chi connectivity index (χ3v) is 4.15. The molecule has 1 saturated heterocycles. The first kappa shape index (κ1) is 14.6. The largest absolute Gasteiger partial charge is 0.490 e. The zero-order chi connectivity index (χ0) is 15.7. The summed E-state index contributed by atoms with van der Waals surface area (Å²) in [5.41, 5.74) is 0.619. The summed E-state index contributed by atoms with van der Waals surface area (Å²) in [6.45, 7) is 0.957. The van der Waals surface area contributed by atoms with Crippen LogP contribution in [0.25, 0.3) is 0 Å². The van der Waals surface area contributed by atoms with Crippen LogP contribution in [0.5, 0.6) is 5.75 Å². The van der Waals surface area contributed by atoms with Crippen molar-refractivity contribution < 1.29 is 23.8 Å². The van der Waals surface area contributed by atoms with Gasteiger partial charge in [0.25, 0.3) is 0 Å². The molecule has 0 aliphatic carbocycles. The number of nitrogens with one attached hydrogen (secondary N) is 1. The topological polar surface area (TPSA) is 78.9 Å². The SMILES string of the molecule is O=C(O)C1CCN(C(=O)N[C@H]2CCOc3c(F)cccc32)C1. The van der Waals surface area contributed by atoms with Crippen LogP contribution >= 0.6 is 0 Å². The third kappa shape index (κ3) is 2.70. The minimum absolute atomic E-state index is 0.184. The number of carbonyl (C=O) groups is 2. The van der Waals surface area contributed by atoms with E-state index in [4.69, 9.17) is 9.84 Å². The van der Waals surface area contributed by atoms with E-state index in [2.05, 4.69) is 5.32 Å². The zero-order valence-corrected chi connectivity index (χ0v) is 11.9. The van der Waals surface area contributed by atoms with Crippen molar-refractivity contribution in [3.63, 3.8) is 0 Å². The van der Waals surface area contributed by atoms with E-state index >= 15 is 0 Å². The standard InChI is InChI=1S/C15H17FN2O4/c16-11-3-1-2-10-12(5-7-22-13(10)11)17-15(21)18-6-4-9(8-18)14(19)20/h1-3,9,12H,4-8H2,(H,17,21)(H,19,20)/t9?,12-/m0/s1. The Morgan fingerprint density at radius 2 is 2.18 bits per heavy atom. The van der Waals surface area contributed by atoms with Gasteiger partial charge in [-0.25, -0.2) is 9.18 Å². The molecule has 0 radical (unpaired) electrons. The molecule has 7 heteroatoms. The number of carboxylic acids is 1. The highest BCUT2D eigenvalue weighted by Crippen LogP contribution is 2.34. The lowest BCUT2D eigenvalue weighted by atomic mass is 10.0. The zero-order valence-electron chi connectivity index (χ0n) is 11.9. The Morgan fingerprint density at radius 1 is 1.36 bits per heavy atom. The van der Waals surface area contributed by atoms with Gasteiger partial charge in [-0.3, -0.25) is 4.79 Å². The second-order valence-electron chi connectivity index (χ2n) is 5.57. The van der Waals surface area contributed by atoms with E-state index in [9.17, 15) is 14.0 Å². The number of fused-ring (bicyclic) bond motifs is 1. The molecule has 118 valence electrons. The molecule has 1 aromatic rings. The van der Waals surface area contributed by atoms with E-state index in [1.54, 1.807) is 12.1 Å². The van der Waals surface area contributed by atoms with Crippen molar-refractivity contribution in [3.05, 3.63) is 29.6 Å². The summed E-state index contributed by atoms with van der Waals surface area (Å²) in [5, 5.41) is 11.8. The predicted octanol–water partition coefficient (Wildman–Crippen LogP) is 1.77. The molecule has 22 heavy (non-hydrogen) atoms. The van der Waals surface area contributed by atoms with Crippen molar-refractivity contribution in [2.45, 2.75) is 18.9 Å². The number of nitrogens with zero attached hydrogens (tertiary/aromatic N) is 1. The first-order valence-electron chi connectivity index (χ1n) is 7.25. The number of ether oxygens (including phenoxy) is 1. The Morgan fingerprint density at radius 3 is 2.91 bits per heavy atom. The van der Waals surface area contributed by atoms with Gasteiger partial charge in [0.1, 0.15) is 0 Å². The van der Waals surface area contributed by atoms with Crippen molar-refractivity contribution in [3.8, 4) is 5.75 Å². The molecule has 1 unspecified atom stereocenters. The maximum atomic E-state index is 13.7. The van der Waals surface area contributed by atoms with Crippen LogP contribution in [0.3, 0.4) is 0 Å². The number of hydrogen-bond donors (Lipinski definition) is 2. The first-order valence-corrected chi connectivity index (χ1v) is 7.25. The van der Waals surface area contributed by atoms with Gasteiger partial charge in [0, 0.05) is 25.1 Å². The molecule has 2 aliphatic heterocycles. The van der Waals surface area contributed by atoms with Crippen LogP contribution in [0, 0.1) is 11.7 Å². The van der Waals surface area contributed by atoms with Gasteiger partial charge in [-0.2, -0.15) is 0 Å². The highest BCUT2D eigenvalue weighted by molar-refractivity contribution is 5.77. The fourth-order valence-corrected chi connectivity index (χ4v) is 2.92. The van der Waals surface area contributed by atoms with Crippen LogP contribution in [-0.4, -0.2) is 41.7 Å². The van der Waals surface area contributed by atoms with E-state index < -0.39 is 17.7 Å². The van der Waals surface area contributed by atoms with Gasteiger partial charge in [0.15, 0.2) is 11.6 Å². The lowest BCUT2D eigenvalue weighted by molar-refractivity contribution is -0.141. The number of carboxylic acid groups (broad SMARTS) is 1. The molecule has 2 N–H and O–H groups in total. The van der Waals surface area contributed by atoms with Crippen LogP contribution in [0.2, 0.25) is 0 Å². The second-order valence-corrected chi connectivity index (χ2v) is 5.57. The molecule has 1 aromatic carbocycles. The van der Waals surface area contributed by atoms with Gasteiger partial charge < -0.3 is 20.1 Å². The van der Waals surface area contributed by atoms with Crippen molar-refractivity contribution in [1.29, 1.82) is 0 Å². The summed E-state index contributed by atoms with van der Waals surface area (Å²) in [4.78, 5) is 24.7. The van der Waals surface area contributed by atoms with Crippen LogP contribution in [0.1, 0.15) is 24.4 Å². The third-order valence-electron chi connectivity index (χ3n) is 4.15. The maximum Gasteiger partial charge on any atom is 0.317 e. The molecule has 0 spiro atoms. The number of hydrogen-bond acceptors (Lipinski definition) is 3. The number of urea groups is 1. The molecule has 2 aliphatic rings. The van der Waals surface area contributed by atoms with Crippen molar-refractivity contribution in [2.75, 3.05) is 19.7 Å². The Hall–Kier alpha value is -2.31. The second kappa shape index (κ2) is 5.82. The average Bonchev–Trinajstić information content (AvgIpc) is 2.98. The fourth-order valence-electron chi connectivity index (χ4n) is 2.92. The highest BCUT2D eigenvalue weighted by Gasteiger charge is 2.33. The minimum atomic E-state index is -0.881. The number of halogens is 1.